The summed E-state index contributed by atoms with van der Waals surface area (Å²) < 4.78 is 10.4. The first kappa shape index (κ1) is 15.8. The molecule has 2 aromatic rings. The van der Waals surface area contributed by atoms with E-state index in [2.05, 4.69) is 0 Å². The van der Waals surface area contributed by atoms with Crippen LogP contribution in [0.25, 0.3) is 0 Å². The maximum absolute atomic E-state index is 12.4. The van der Waals surface area contributed by atoms with Crippen LogP contribution in [0.15, 0.2) is 48.5 Å². The first-order valence-corrected chi connectivity index (χ1v) is 5.58. The molecule has 0 N–H and O–H groups in total. The third-order valence-corrected chi connectivity index (χ3v) is 2.68. The molecule has 0 fully saturated rings. The Balaban J connectivity index is 0.00000180. The van der Waals surface area contributed by atoms with Crippen LogP contribution in [0.1, 0.15) is 15.9 Å². The number of methoxy groups -OCH3 is 2. The van der Waals surface area contributed by atoms with E-state index >= 15 is 0 Å². The van der Waals surface area contributed by atoms with Crippen LogP contribution < -0.4 is 9.47 Å². The molecule has 0 spiro atoms. The molecule has 94 valence electrons. The molecule has 3 nitrogen and oxygen atoms in total. The van der Waals surface area contributed by atoms with Crippen LogP contribution in [-0.2, 0) is 0 Å². The molecule has 0 radical (unpaired) electrons. The van der Waals surface area contributed by atoms with Crippen LogP contribution in [0.2, 0.25) is 0 Å². The number of hydrogen-bond donors (Lipinski definition) is 0. The second-order valence-corrected chi connectivity index (χ2v) is 3.74. The van der Waals surface area contributed by atoms with Crippen molar-refractivity contribution in [2.45, 2.75) is 0 Å². The van der Waals surface area contributed by atoms with Gasteiger partial charge in [0.2, 0.25) is 0 Å². The summed E-state index contributed by atoms with van der Waals surface area (Å²) in [6.45, 7) is 0. The number of carbonyl (C=O) groups excluding carboxylic acids is 1. The maximum atomic E-state index is 12.4. The number of rotatable bonds is 4. The van der Waals surface area contributed by atoms with E-state index in [0.29, 0.717) is 22.6 Å². The van der Waals surface area contributed by atoms with Gasteiger partial charge in [-0.15, -0.1) is 0 Å². The number of carbonyl (C=O) groups is 1. The normalized spacial score (nSPS) is 9.37. The van der Waals surface area contributed by atoms with Crippen molar-refractivity contribution >= 4 is 35.3 Å². The number of ketones is 1. The molecule has 0 aliphatic rings. The van der Waals surface area contributed by atoms with Gasteiger partial charge in [-0.3, -0.25) is 4.79 Å². The summed E-state index contributed by atoms with van der Waals surface area (Å²) in [5, 5.41) is 0. The molecule has 4 heteroatoms. The molecule has 0 atom stereocenters. The molecule has 0 unspecified atom stereocenters. The van der Waals surface area contributed by atoms with Crippen molar-refractivity contribution in [1.82, 2.24) is 0 Å². The average Bonchev–Trinajstić information content (AvgIpc) is 2.46. The van der Waals surface area contributed by atoms with E-state index in [9.17, 15) is 4.79 Å². The molecule has 0 amide bonds. The van der Waals surface area contributed by atoms with Gasteiger partial charge in [0.1, 0.15) is 0 Å². The Morgan fingerprint density at radius 3 is 2.16 bits per heavy atom. The van der Waals surface area contributed by atoms with E-state index in [1.807, 2.05) is 18.2 Å². The molecule has 2 aromatic carbocycles. The zero-order valence-electron chi connectivity index (χ0n) is 10.3. The van der Waals surface area contributed by atoms with Crippen LogP contribution in [0.4, 0.5) is 0 Å². The third kappa shape index (κ3) is 3.38. The minimum absolute atomic E-state index is 0. The Bertz CT molecular complexity index is 553. The molecule has 0 heterocycles. The Morgan fingerprint density at radius 2 is 1.58 bits per heavy atom. The second kappa shape index (κ2) is 7.34. The summed E-state index contributed by atoms with van der Waals surface area (Å²) in [7, 11) is 3.08. The summed E-state index contributed by atoms with van der Waals surface area (Å²) in [4.78, 5) is 12.4. The van der Waals surface area contributed by atoms with Gasteiger partial charge in [0.05, 0.1) is 19.8 Å². The average molecular weight is 266 g/mol. The Hall–Kier alpha value is -1.29. The van der Waals surface area contributed by atoms with Gasteiger partial charge in [-0.2, -0.15) is 0 Å². The molecule has 0 aliphatic carbocycles. The standard InChI is InChI=1S/C15H14O3.Na.H/c1-17-13-10-6-9-12(15(13)18-2)14(16)11-7-4-3-5-8-11;;/h3-10H,1-2H3;;. The molecule has 0 aliphatic heterocycles. The van der Waals surface area contributed by atoms with Crippen LogP contribution in [-0.4, -0.2) is 49.6 Å². The topological polar surface area (TPSA) is 35.5 Å². The van der Waals surface area contributed by atoms with Gasteiger partial charge >= 0.3 is 29.6 Å². The van der Waals surface area contributed by atoms with Crippen molar-refractivity contribution in [1.29, 1.82) is 0 Å². The van der Waals surface area contributed by atoms with Crippen molar-refractivity contribution in [3.05, 3.63) is 59.7 Å². The van der Waals surface area contributed by atoms with Crippen molar-refractivity contribution in [2.75, 3.05) is 14.2 Å². The van der Waals surface area contributed by atoms with E-state index < -0.39 is 0 Å². The summed E-state index contributed by atoms with van der Waals surface area (Å²) in [5.74, 6) is 0.944. The summed E-state index contributed by atoms with van der Waals surface area (Å²) in [5.41, 5.74) is 1.13. The molecule has 0 saturated heterocycles. The fourth-order valence-electron chi connectivity index (χ4n) is 1.81. The van der Waals surface area contributed by atoms with Crippen LogP contribution in [0, 0.1) is 0 Å². The Labute approximate surface area is 134 Å². The summed E-state index contributed by atoms with van der Waals surface area (Å²) >= 11 is 0. The summed E-state index contributed by atoms with van der Waals surface area (Å²) in [6, 6.07) is 14.4. The number of benzene rings is 2. The number of ether oxygens (including phenoxy) is 2. The van der Waals surface area contributed by atoms with Gasteiger partial charge in [0.25, 0.3) is 0 Å². The zero-order chi connectivity index (χ0) is 13.0. The molecule has 0 saturated carbocycles. The van der Waals surface area contributed by atoms with Gasteiger partial charge in [-0.25, -0.2) is 0 Å². The minimum atomic E-state index is -0.0775. The third-order valence-electron chi connectivity index (χ3n) is 2.68. The Kier molecular flexibility index (Phi) is 6.09. The molecular formula is C15H15NaO3. The van der Waals surface area contributed by atoms with Crippen molar-refractivity contribution in [3.63, 3.8) is 0 Å². The van der Waals surface area contributed by atoms with Gasteiger partial charge in [-0.1, -0.05) is 36.4 Å². The van der Waals surface area contributed by atoms with E-state index in [0.717, 1.165) is 0 Å². The van der Waals surface area contributed by atoms with E-state index in [4.69, 9.17) is 9.47 Å². The van der Waals surface area contributed by atoms with Crippen LogP contribution in [0.3, 0.4) is 0 Å². The zero-order valence-corrected chi connectivity index (χ0v) is 10.3. The summed E-state index contributed by atoms with van der Waals surface area (Å²) in [6.07, 6.45) is 0. The SMILES string of the molecule is COc1cccc(C(=O)c2ccccc2)c1OC.[NaH]. The predicted octanol–water partition coefficient (Wildman–Crippen LogP) is 2.29. The Morgan fingerprint density at radius 1 is 0.895 bits per heavy atom. The quantitative estimate of drug-likeness (QED) is 0.629. The number of para-hydroxylation sites is 1. The van der Waals surface area contributed by atoms with Gasteiger partial charge in [-0.05, 0) is 12.1 Å². The van der Waals surface area contributed by atoms with E-state index in [-0.39, 0.29) is 35.3 Å². The predicted molar refractivity (Wildman–Crippen MR) is 76.6 cm³/mol. The fourth-order valence-corrected chi connectivity index (χ4v) is 1.81. The van der Waals surface area contributed by atoms with Gasteiger partial charge < -0.3 is 9.47 Å². The van der Waals surface area contributed by atoms with Gasteiger partial charge in [0.15, 0.2) is 17.3 Å². The van der Waals surface area contributed by atoms with Crippen molar-refractivity contribution in [2.24, 2.45) is 0 Å². The second-order valence-electron chi connectivity index (χ2n) is 3.74. The molecule has 19 heavy (non-hydrogen) atoms. The van der Waals surface area contributed by atoms with E-state index in [1.54, 1.807) is 37.4 Å². The van der Waals surface area contributed by atoms with Crippen molar-refractivity contribution in [3.8, 4) is 11.5 Å². The molecular weight excluding hydrogens is 251 g/mol. The first-order chi connectivity index (χ1) is 8.77. The molecule has 2 rings (SSSR count). The molecule has 0 aromatic heterocycles. The van der Waals surface area contributed by atoms with Crippen molar-refractivity contribution < 1.29 is 14.3 Å². The fraction of sp³-hybridized carbons (Fsp3) is 0.133. The van der Waals surface area contributed by atoms with Crippen LogP contribution >= 0.6 is 0 Å². The van der Waals surface area contributed by atoms with E-state index in [1.165, 1.54) is 7.11 Å². The first-order valence-electron chi connectivity index (χ1n) is 5.58. The molecule has 0 bridgehead atoms. The number of hydrogen-bond acceptors (Lipinski definition) is 3. The van der Waals surface area contributed by atoms with Gasteiger partial charge in [0, 0.05) is 5.56 Å². The monoisotopic (exact) mass is 266 g/mol. The van der Waals surface area contributed by atoms with Crippen LogP contribution in [0.5, 0.6) is 11.5 Å².